The lowest BCUT2D eigenvalue weighted by molar-refractivity contribution is 0.354. The van der Waals surface area contributed by atoms with E-state index in [1.165, 1.54) is 5.56 Å². The van der Waals surface area contributed by atoms with Gasteiger partial charge in [-0.05, 0) is 73.2 Å². The number of nitrogens with one attached hydrogen (secondary N) is 1. The highest BCUT2D eigenvalue weighted by Crippen LogP contribution is 2.23. The van der Waals surface area contributed by atoms with E-state index in [1.54, 1.807) is 0 Å². The molecule has 0 amide bonds. The fraction of sp³-hybridized carbons (Fsp3) is 0.115. The summed E-state index contributed by atoms with van der Waals surface area (Å²) in [5.74, 6) is 3.35. The van der Waals surface area contributed by atoms with Crippen LogP contribution in [0.25, 0.3) is 0 Å². The summed E-state index contributed by atoms with van der Waals surface area (Å²) in [7, 11) is 0. The van der Waals surface area contributed by atoms with Gasteiger partial charge in [-0.3, -0.25) is 0 Å². The molecule has 0 fully saturated rings. The Morgan fingerprint density at radius 3 is 2.10 bits per heavy atom. The SMILES string of the molecule is Cc1ccc(CN(Cc2ccccc2)C(=S)Nc2ccc(Oc3ccccc3)cc2)o1. The molecular formula is C26H24N2O2S. The summed E-state index contributed by atoms with van der Waals surface area (Å²) >= 11 is 5.74. The number of thiocarbonyl (C=S) groups is 1. The maximum Gasteiger partial charge on any atom is 0.174 e. The van der Waals surface area contributed by atoms with Crippen molar-refractivity contribution in [1.82, 2.24) is 4.90 Å². The molecule has 0 bridgehead atoms. The minimum Gasteiger partial charge on any atom is -0.464 e. The summed E-state index contributed by atoms with van der Waals surface area (Å²) in [5, 5.41) is 3.97. The van der Waals surface area contributed by atoms with Crippen LogP contribution in [0.5, 0.6) is 11.5 Å². The molecule has 0 radical (unpaired) electrons. The first kappa shape index (κ1) is 20.7. The van der Waals surface area contributed by atoms with Gasteiger partial charge in [0.1, 0.15) is 23.0 Å². The summed E-state index contributed by atoms with van der Waals surface area (Å²) in [6.45, 7) is 3.21. The molecule has 1 N–H and O–H groups in total. The fourth-order valence-corrected chi connectivity index (χ4v) is 3.44. The molecule has 4 aromatic rings. The monoisotopic (exact) mass is 428 g/mol. The number of furan rings is 1. The smallest absolute Gasteiger partial charge is 0.174 e. The van der Waals surface area contributed by atoms with Crippen LogP contribution in [-0.4, -0.2) is 10.0 Å². The van der Waals surface area contributed by atoms with Gasteiger partial charge in [-0.15, -0.1) is 0 Å². The van der Waals surface area contributed by atoms with E-state index in [-0.39, 0.29) is 0 Å². The van der Waals surface area contributed by atoms with E-state index in [4.69, 9.17) is 21.4 Å². The molecule has 0 spiro atoms. The lowest BCUT2D eigenvalue weighted by atomic mass is 10.2. The van der Waals surface area contributed by atoms with Crippen molar-refractivity contribution >= 4 is 23.0 Å². The van der Waals surface area contributed by atoms with Gasteiger partial charge in [0.25, 0.3) is 0 Å². The molecule has 0 aliphatic heterocycles. The predicted molar refractivity (Wildman–Crippen MR) is 128 cm³/mol. The Bertz CT molecular complexity index is 1110. The molecule has 1 heterocycles. The van der Waals surface area contributed by atoms with Gasteiger partial charge in [-0.1, -0.05) is 48.5 Å². The van der Waals surface area contributed by atoms with Crippen molar-refractivity contribution in [3.05, 3.63) is 114 Å². The molecular weight excluding hydrogens is 404 g/mol. The Balaban J connectivity index is 1.44. The number of rotatable bonds is 7. The second kappa shape index (κ2) is 9.96. The van der Waals surface area contributed by atoms with Gasteiger partial charge >= 0.3 is 0 Å². The van der Waals surface area contributed by atoms with Crippen molar-refractivity contribution in [2.24, 2.45) is 0 Å². The van der Waals surface area contributed by atoms with Crippen LogP contribution < -0.4 is 10.1 Å². The first-order valence-electron chi connectivity index (χ1n) is 10.1. The van der Waals surface area contributed by atoms with Gasteiger partial charge in [0.2, 0.25) is 0 Å². The topological polar surface area (TPSA) is 37.6 Å². The molecule has 5 heteroatoms. The van der Waals surface area contributed by atoms with Crippen molar-refractivity contribution in [3.63, 3.8) is 0 Å². The molecule has 4 nitrogen and oxygen atoms in total. The van der Waals surface area contributed by atoms with Crippen LogP contribution in [0.4, 0.5) is 5.69 Å². The van der Waals surface area contributed by atoms with E-state index < -0.39 is 0 Å². The quantitative estimate of drug-likeness (QED) is 0.328. The highest BCUT2D eigenvalue weighted by Gasteiger charge is 2.14. The van der Waals surface area contributed by atoms with Gasteiger partial charge in [-0.2, -0.15) is 0 Å². The van der Waals surface area contributed by atoms with Gasteiger partial charge < -0.3 is 19.4 Å². The van der Waals surface area contributed by atoms with Crippen LogP contribution in [0.1, 0.15) is 17.1 Å². The second-order valence-electron chi connectivity index (χ2n) is 7.22. The number of hydrogen-bond donors (Lipinski definition) is 1. The van der Waals surface area contributed by atoms with Crippen LogP contribution in [0, 0.1) is 6.92 Å². The van der Waals surface area contributed by atoms with Crippen molar-refractivity contribution in [1.29, 1.82) is 0 Å². The third kappa shape index (κ3) is 5.96. The highest BCUT2D eigenvalue weighted by atomic mass is 32.1. The number of para-hydroxylation sites is 1. The minimum atomic E-state index is 0.587. The van der Waals surface area contributed by atoms with Crippen molar-refractivity contribution in [2.75, 3.05) is 5.32 Å². The van der Waals surface area contributed by atoms with Gasteiger partial charge in [0.15, 0.2) is 5.11 Å². The second-order valence-corrected chi connectivity index (χ2v) is 7.61. The van der Waals surface area contributed by atoms with E-state index in [9.17, 15) is 0 Å². The zero-order valence-corrected chi connectivity index (χ0v) is 18.1. The zero-order valence-electron chi connectivity index (χ0n) is 17.3. The number of hydrogen-bond acceptors (Lipinski definition) is 3. The van der Waals surface area contributed by atoms with Crippen LogP contribution in [0.2, 0.25) is 0 Å². The molecule has 1 aromatic heterocycles. The predicted octanol–water partition coefficient (Wildman–Crippen LogP) is 6.78. The number of ether oxygens (including phenoxy) is 1. The summed E-state index contributed by atoms with van der Waals surface area (Å²) < 4.78 is 11.6. The summed E-state index contributed by atoms with van der Waals surface area (Å²) in [6.07, 6.45) is 0. The molecule has 3 aromatic carbocycles. The van der Waals surface area contributed by atoms with E-state index in [0.717, 1.165) is 28.7 Å². The Morgan fingerprint density at radius 2 is 1.45 bits per heavy atom. The molecule has 4 rings (SSSR count). The average Bonchev–Trinajstić information content (AvgIpc) is 3.21. The minimum absolute atomic E-state index is 0.587. The van der Waals surface area contributed by atoms with E-state index >= 15 is 0 Å². The maximum atomic E-state index is 5.86. The molecule has 0 saturated heterocycles. The van der Waals surface area contributed by atoms with Crippen LogP contribution in [-0.2, 0) is 13.1 Å². The van der Waals surface area contributed by atoms with E-state index in [0.29, 0.717) is 18.2 Å². The van der Waals surface area contributed by atoms with E-state index in [2.05, 4.69) is 22.3 Å². The van der Waals surface area contributed by atoms with Crippen molar-refractivity contribution in [3.8, 4) is 11.5 Å². The van der Waals surface area contributed by atoms with Gasteiger partial charge in [0.05, 0.1) is 6.54 Å². The van der Waals surface area contributed by atoms with Crippen molar-refractivity contribution in [2.45, 2.75) is 20.0 Å². The molecule has 0 aliphatic carbocycles. The van der Waals surface area contributed by atoms with Crippen molar-refractivity contribution < 1.29 is 9.15 Å². The molecule has 0 saturated carbocycles. The number of nitrogens with zero attached hydrogens (tertiary/aromatic N) is 1. The first-order chi connectivity index (χ1) is 15.2. The summed E-state index contributed by atoms with van der Waals surface area (Å²) in [6, 6.07) is 31.7. The normalized spacial score (nSPS) is 10.5. The fourth-order valence-electron chi connectivity index (χ4n) is 3.19. The Kier molecular flexibility index (Phi) is 6.65. The Morgan fingerprint density at radius 1 is 0.806 bits per heavy atom. The maximum absolute atomic E-state index is 5.86. The largest absolute Gasteiger partial charge is 0.464 e. The van der Waals surface area contributed by atoms with Gasteiger partial charge in [0, 0.05) is 12.2 Å². The first-order valence-corrected chi connectivity index (χ1v) is 10.5. The summed E-state index contributed by atoms with van der Waals surface area (Å²) in [4.78, 5) is 2.09. The molecule has 0 aliphatic rings. The number of benzene rings is 3. The highest BCUT2D eigenvalue weighted by molar-refractivity contribution is 7.80. The van der Waals surface area contributed by atoms with E-state index in [1.807, 2.05) is 91.9 Å². The molecule has 31 heavy (non-hydrogen) atoms. The van der Waals surface area contributed by atoms with Crippen LogP contribution >= 0.6 is 12.2 Å². The number of aryl methyl sites for hydroxylation is 1. The lowest BCUT2D eigenvalue weighted by Gasteiger charge is -2.25. The molecule has 0 unspecified atom stereocenters. The standard InChI is InChI=1S/C26H24N2O2S/c1-20-12-15-25(29-20)19-28(18-21-8-4-2-5-9-21)26(31)27-22-13-16-24(17-14-22)30-23-10-6-3-7-11-23/h2-17H,18-19H2,1H3,(H,27,31). The summed E-state index contributed by atoms with van der Waals surface area (Å²) in [5.41, 5.74) is 2.08. The average molecular weight is 429 g/mol. The number of anilines is 1. The Hall–Kier alpha value is -3.57. The zero-order chi connectivity index (χ0) is 21.5. The lowest BCUT2D eigenvalue weighted by Crippen LogP contribution is -2.33. The third-order valence-corrected chi connectivity index (χ3v) is 5.09. The van der Waals surface area contributed by atoms with Crippen LogP contribution in [0.3, 0.4) is 0 Å². The van der Waals surface area contributed by atoms with Gasteiger partial charge in [-0.25, -0.2) is 0 Å². The Labute approximate surface area is 188 Å². The molecule has 0 atom stereocenters. The van der Waals surface area contributed by atoms with Crippen LogP contribution in [0.15, 0.2) is 101 Å². The third-order valence-electron chi connectivity index (χ3n) is 4.73. The molecule has 156 valence electrons.